The number of thioether (sulfide) groups is 1. The molecule has 5 nitrogen and oxygen atoms in total. The van der Waals surface area contributed by atoms with Gasteiger partial charge in [-0.3, -0.25) is 4.79 Å². The number of fused-ring (bicyclic) bond motifs is 4. The van der Waals surface area contributed by atoms with Crippen molar-refractivity contribution in [1.29, 1.82) is 0 Å². The minimum absolute atomic E-state index is 0.0414. The van der Waals surface area contributed by atoms with Gasteiger partial charge < -0.3 is 20.5 Å². The molecule has 0 spiro atoms. The molecule has 0 radical (unpaired) electrons. The molecule has 1 heterocycles. The highest BCUT2D eigenvalue weighted by atomic mass is 32.2. The van der Waals surface area contributed by atoms with Gasteiger partial charge >= 0.3 is 0 Å². The summed E-state index contributed by atoms with van der Waals surface area (Å²) in [6, 6.07) is 11.8. The summed E-state index contributed by atoms with van der Waals surface area (Å²) in [5.74, 6) is 0.452. The van der Waals surface area contributed by atoms with E-state index in [1.165, 1.54) is 11.8 Å². The van der Waals surface area contributed by atoms with Crippen LogP contribution in [0.15, 0.2) is 41.3 Å². The van der Waals surface area contributed by atoms with Crippen LogP contribution in [0.5, 0.6) is 0 Å². The van der Waals surface area contributed by atoms with Crippen molar-refractivity contribution >= 4 is 34.1 Å². The highest BCUT2D eigenvalue weighted by molar-refractivity contribution is 7.99. The van der Waals surface area contributed by atoms with Gasteiger partial charge in [0.1, 0.15) is 0 Å². The first-order valence-electron chi connectivity index (χ1n) is 9.31. The van der Waals surface area contributed by atoms with Crippen molar-refractivity contribution in [1.82, 2.24) is 4.98 Å². The Kier molecular flexibility index (Phi) is 4.73. The van der Waals surface area contributed by atoms with Gasteiger partial charge in [0, 0.05) is 51.0 Å². The molecule has 4 N–H and O–H groups in total. The topological polar surface area (TPSA) is 85.3 Å². The molecule has 3 aromatic rings. The summed E-state index contributed by atoms with van der Waals surface area (Å²) < 4.78 is 0. The number of aliphatic hydroxyl groups excluding tert-OH is 2. The summed E-state index contributed by atoms with van der Waals surface area (Å²) in [5, 5.41) is 22.7. The Labute approximate surface area is 168 Å². The number of nitrogens with one attached hydrogen (secondary N) is 2. The third kappa shape index (κ3) is 2.92. The predicted octanol–water partition coefficient (Wildman–Crippen LogP) is 3.53. The van der Waals surface area contributed by atoms with E-state index in [0.717, 1.165) is 43.9 Å². The van der Waals surface area contributed by atoms with Gasteiger partial charge in [0.05, 0.1) is 18.3 Å². The summed E-state index contributed by atoms with van der Waals surface area (Å²) in [6.45, 7) is 4.00. The molecule has 1 aromatic heterocycles. The second-order valence-electron chi connectivity index (χ2n) is 7.69. The van der Waals surface area contributed by atoms with Crippen LogP contribution in [0.3, 0.4) is 0 Å². The van der Waals surface area contributed by atoms with Crippen molar-refractivity contribution in [2.75, 3.05) is 24.7 Å². The summed E-state index contributed by atoms with van der Waals surface area (Å²) >= 11 is 1.48. The molecule has 146 valence electrons. The highest BCUT2D eigenvalue weighted by Gasteiger charge is 2.39. The quantitative estimate of drug-likeness (QED) is 0.496. The maximum Gasteiger partial charge on any atom is 0.195 e. The molecule has 0 fully saturated rings. The van der Waals surface area contributed by atoms with Crippen molar-refractivity contribution in [3.05, 3.63) is 58.8 Å². The van der Waals surface area contributed by atoms with E-state index in [-0.39, 0.29) is 17.8 Å². The van der Waals surface area contributed by atoms with Crippen LogP contribution in [0.4, 0.5) is 5.69 Å². The Morgan fingerprint density at radius 2 is 2.00 bits per heavy atom. The molecule has 0 bridgehead atoms. The van der Waals surface area contributed by atoms with Crippen LogP contribution in [0, 0.1) is 0 Å². The van der Waals surface area contributed by atoms with E-state index >= 15 is 0 Å². The molecule has 28 heavy (non-hydrogen) atoms. The molecule has 1 aliphatic rings. The van der Waals surface area contributed by atoms with Crippen molar-refractivity contribution in [2.45, 2.75) is 30.3 Å². The van der Waals surface area contributed by atoms with E-state index in [1.807, 2.05) is 43.4 Å². The molecule has 6 heteroatoms. The minimum atomic E-state index is -0.752. The van der Waals surface area contributed by atoms with Crippen LogP contribution in [0.2, 0.25) is 0 Å². The zero-order valence-electron chi connectivity index (χ0n) is 16.2. The number of carbonyl (C=O) groups excluding carboxylic acids is 1. The number of aromatic nitrogens is 1. The van der Waals surface area contributed by atoms with Gasteiger partial charge in [-0.05, 0) is 35.9 Å². The monoisotopic (exact) mass is 396 g/mol. The van der Waals surface area contributed by atoms with Gasteiger partial charge in [-0.2, -0.15) is 0 Å². The third-order valence-electron chi connectivity index (χ3n) is 5.50. The zero-order chi connectivity index (χ0) is 20.1. The fourth-order valence-corrected chi connectivity index (χ4v) is 4.76. The largest absolute Gasteiger partial charge is 0.394 e. The number of anilines is 1. The lowest BCUT2D eigenvalue weighted by Gasteiger charge is -2.32. The molecule has 1 atom stereocenters. The number of hydrogen-bond acceptors (Lipinski definition) is 5. The SMILES string of the molecule is CNc1ccc2c3c([nH]c2c1)C(C)(C)c1cc(SCC(O)CO)ccc1C3=O. The average Bonchev–Trinajstić information content (AvgIpc) is 3.10. The Balaban J connectivity index is 1.82. The second kappa shape index (κ2) is 6.95. The first-order chi connectivity index (χ1) is 13.4. The van der Waals surface area contributed by atoms with Crippen molar-refractivity contribution in [3.8, 4) is 0 Å². The first kappa shape index (κ1) is 19.1. The maximum atomic E-state index is 13.3. The fourth-order valence-electron chi connectivity index (χ4n) is 3.90. The maximum absolute atomic E-state index is 13.3. The van der Waals surface area contributed by atoms with Gasteiger partial charge in [-0.25, -0.2) is 0 Å². The Hall–Kier alpha value is -2.28. The third-order valence-corrected chi connectivity index (χ3v) is 6.64. The van der Waals surface area contributed by atoms with E-state index in [1.54, 1.807) is 0 Å². The van der Waals surface area contributed by atoms with Crippen LogP contribution in [-0.2, 0) is 5.41 Å². The highest BCUT2D eigenvalue weighted by Crippen LogP contribution is 2.44. The molecular formula is C22H24N2O3S. The number of carbonyl (C=O) groups is 1. The molecular weight excluding hydrogens is 372 g/mol. The Bertz CT molecular complexity index is 1070. The minimum Gasteiger partial charge on any atom is -0.394 e. The van der Waals surface area contributed by atoms with E-state index in [0.29, 0.717) is 5.75 Å². The zero-order valence-corrected chi connectivity index (χ0v) is 17.0. The summed E-state index contributed by atoms with van der Waals surface area (Å²) in [4.78, 5) is 17.8. The summed E-state index contributed by atoms with van der Waals surface area (Å²) in [5.41, 5.74) is 4.99. The molecule has 0 amide bonds. The molecule has 1 aliphatic carbocycles. The standard InChI is InChI=1S/C22H24N2O3S/c1-22(2)17-9-14(28-11-13(26)10-25)5-7-15(17)20(27)19-16-6-4-12(23-3)8-18(16)24-21(19)22/h4-9,13,23-26H,10-11H2,1-3H3. The first-order valence-corrected chi connectivity index (χ1v) is 10.3. The number of hydrogen-bond donors (Lipinski definition) is 4. The van der Waals surface area contributed by atoms with Crippen LogP contribution in [-0.4, -0.2) is 46.5 Å². The number of H-pyrrole nitrogens is 1. The number of aliphatic hydroxyl groups is 2. The van der Waals surface area contributed by atoms with Gasteiger partial charge in [0.15, 0.2) is 5.78 Å². The Morgan fingerprint density at radius 3 is 2.71 bits per heavy atom. The lowest BCUT2D eigenvalue weighted by Crippen LogP contribution is -2.30. The number of aromatic amines is 1. The van der Waals surface area contributed by atoms with E-state index in [9.17, 15) is 9.90 Å². The molecule has 0 aliphatic heterocycles. The number of ketones is 1. The fraction of sp³-hybridized carbons (Fsp3) is 0.318. The molecule has 0 saturated heterocycles. The van der Waals surface area contributed by atoms with Crippen LogP contribution < -0.4 is 5.32 Å². The normalized spacial score (nSPS) is 16.0. The summed E-state index contributed by atoms with van der Waals surface area (Å²) in [6.07, 6.45) is -0.752. The van der Waals surface area contributed by atoms with Crippen LogP contribution in [0.25, 0.3) is 10.9 Å². The van der Waals surface area contributed by atoms with E-state index in [4.69, 9.17) is 5.11 Å². The smallest absolute Gasteiger partial charge is 0.195 e. The molecule has 2 aromatic carbocycles. The van der Waals surface area contributed by atoms with Crippen LogP contribution in [0.1, 0.15) is 41.0 Å². The van der Waals surface area contributed by atoms with Gasteiger partial charge in [0.2, 0.25) is 0 Å². The van der Waals surface area contributed by atoms with E-state index in [2.05, 4.69) is 24.1 Å². The Morgan fingerprint density at radius 1 is 1.21 bits per heavy atom. The van der Waals surface area contributed by atoms with Crippen molar-refractivity contribution < 1.29 is 15.0 Å². The van der Waals surface area contributed by atoms with Crippen molar-refractivity contribution in [2.24, 2.45) is 0 Å². The molecule has 4 rings (SSSR count). The van der Waals surface area contributed by atoms with E-state index < -0.39 is 6.10 Å². The van der Waals surface area contributed by atoms with Crippen LogP contribution >= 0.6 is 11.8 Å². The van der Waals surface area contributed by atoms with Gasteiger partial charge in [-0.1, -0.05) is 19.9 Å². The number of rotatable bonds is 5. The van der Waals surface area contributed by atoms with Crippen molar-refractivity contribution in [3.63, 3.8) is 0 Å². The second-order valence-corrected chi connectivity index (χ2v) is 8.79. The number of benzene rings is 2. The predicted molar refractivity (Wildman–Crippen MR) is 114 cm³/mol. The summed E-state index contributed by atoms with van der Waals surface area (Å²) in [7, 11) is 1.88. The lowest BCUT2D eigenvalue weighted by molar-refractivity contribution is 0.103. The van der Waals surface area contributed by atoms with Gasteiger partial charge in [0.25, 0.3) is 0 Å². The van der Waals surface area contributed by atoms with Gasteiger partial charge in [-0.15, -0.1) is 11.8 Å². The lowest BCUT2D eigenvalue weighted by atomic mass is 9.71. The molecule has 1 unspecified atom stereocenters. The molecule has 0 saturated carbocycles. The average molecular weight is 397 g/mol.